The molecule has 2 aromatic heterocycles. The van der Waals surface area contributed by atoms with Crippen molar-refractivity contribution in [3.05, 3.63) is 16.8 Å². The van der Waals surface area contributed by atoms with Crippen molar-refractivity contribution in [3.8, 4) is 0 Å². The number of amides is 1. The van der Waals surface area contributed by atoms with E-state index in [1.54, 1.807) is 6.33 Å². The molecule has 28 heavy (non-hydrogen) atoms. The van der Waals surface area contributed by atoms with E-state index >= 15 is 0 Å². The van der Waals surface area contributed by atoms with Crippen LogP contribution in [0.4, 0.5) is 5.82 Å². The van der Waals surface area contributed by atoms with Gasteiger partial charge in [-0.25, -0.2) is 9.97 Å². The summed E-state index contributed by atoms with van der Waals surface area (Å²) >= 11 is 1.49. The van der Waals surface area contributed by atoms with Gasteiger partial charge in [0.05, 0.1) is 10.3 Å². The van der Waals surface area contributed by atoms with Crippen LogP contribution in [0.2, 0.25) is 0 Å². The van der Waals surface area contributed by atoms with Crippen LogP contribution in [0.1, 0.15) is 35.0 Å². The number of likely N-dealkylation sites (N-methyl/N-ethyl adjacent to an activating group) is 2. The first-order chi connectivity index (χ1) is 13.6. The van der Waals surface area contributed by atoms with Crippen LogP contribution in [-0.2, 0) is 0 Å². The van der Waals surface area contributed by atoms with Crippen LogP contribution >= 0.6 is 11.3 Å². The number of hydrogen-bond donors (Lipinski definition) is 1. The zero-order valence-corrected chi connectivity index (χ0v) is 17.9. The van der Waals surface area contributed by atoms with Crippen molar-refractivity contribution >= 4 is 33.3 Å². The lowest BCUT2D eigenvalue weighted by Gasteiger charge is -2.33. The lowest BCUT2D eigenvalue weighted by Crippen LogP contribution is -2.44. The summed E-state index contributed by atoms with van der Waals surface area (Å²) in [4.78, 5) is 30.8. The second-order valence-electron chi connectivity index (χ2n) is 7.86. The number of carbonyl (C=O) groups is 1. The monoisotopic (exact) mass is 402 g/mol. The highest BCUT2D eigenvalue weighted by Crippen LogP contribution is 2.35. The van der Waals surface area contributed by atoms with Gasteiger partial charge < -0.3 is 15.1 Å². The summed E-state index contributed by atoms with van der Waals surface area (Å²) in [5.74, 6) is 0.992. The molecule has 4 rings (SSSR count). The molecule has 1 amide bonds. The predicted molar refractivity (Wildman–Crippen MR) is 114 cm³/mol. The summed E-state index contributed by atoms with van der Waals surface area (Å²) in [7, 11) is 2.15. The molecule has 7 nitrogen and oxygen atoms in total. The molecule has 2 aliphatic rings. The highest BCUT2D eigenvalue weighted by Gasteiger charge is 2.26. The van der Waals surface area contributed by atoms with Gasteiger partial charge in [-0.05, 0) is 45.5 Å². The van der Waals surface area contributed by atoms with Gasteiger partial charge >= 0.3 is 0 Å². The number of anilines is 1. The van der Waals surface area contributed by atoms with Crippen molar-refractivity contribution in [1.29, 1.82) is 0 Å². The van der Waals surface area contributed by atoms with Gasteiger partial charge in [-0.2, -0.15) is 0 Å². The number of nitrogens with one attached hydrogen (secondary N) is 1. The summed E-state index contributed by atoms with van der Waals surface area (Å²) in [6.45, 7) is 11.1. The molecule has 0 saturated carbocycles. The minimum atomic E-state index is 0.0211. The van der Waals surface area contributed by atoms with Gasteiger partial charge in [0.1, 0.15) is 17.0 Å². The van der Waals surface area contributed by atoms with E-state index in [-0.39, 0.29) is 5.91 Å². The standard InChI is InChI=1S/C20H30N6OS/c1-4-25-7-5-6-15(25)12-21-19(27)17-14(2)16-18(22-13-23-20(16)28-17)26-10-8-24(3)9-11-26/h13,15H,4-12H2,1-3H3,(H,21,27)/t15-/m0/s1. The van der Waals surface area contributed by atoms with Crippen LogP contribution in [0.3, 0.4) is 0 Å². The molecule has 1 N–H and O–H groups in total. The summed E-state index contributed by atoms with van der Waals surface area (Å²) in [6, 6.07) is 0.462. The van der Waals surface area contributed by atoms with Crippen LogP contribution in [-0.4, -0.2) is 84.6 Å². The lowest BCUT2D eigenvalue weighted by atomic mass is 10.1. The Kier molecular flexibility index (Phi) is 5.80. The van der Waals surface area contributed by atoms with Crippen LogP contribution < -0.4 is 10.2 Å². The Bertz CT molecular complexity index is 845. The average molecular weight is 403 g/mol. The van der Waals surface area contributed by atoms with Gasteiger partial charge in [-0.1, -0.05) is 6.92 Å². The maximum atomic E-state index is 12.9. The smallest absolute Gasteiger partial charge is 0.261 e. The number of likely N-dealkylation sites (tertiary alicyclic amines) is 1. The number of rotatable bonds is 5. The third-order valence-electron chi connectivity index (χ3n) is 6.12. The van der Waals surface area contributed by atoms with E-state index in [0.717, 1.165) is 72.3 Å². The second-order valence-corrected chi connectivity index (χ2v) is 8.86. The fourth-order valence-corrected chi connectivity index (χ4v) is 5.42. The molecule has 2 saturated heterocycles. The third kappa shape index (κ3) is 3.73. The van der Waals surface area contributed by atoms with Crippen molar-refractivity contribution in [1.82, 2.24) is 25.1 Å². The number of aromatic nitrogens is 2. The zero-order chi connectivity index (χ0) is 19.7. The fraction of sp³-hybridized carbons (Fsp3) is 0.650. The highest BCUT2D eigenvalue weighted by atomic mass is 32.1. The van der Waals surface area contributed by atoms with Gasteiger partial charge in [-0.15, -0.1) is 11.3 Å². The van der Waals surface area contributed by atoms with Gasteiger partial charge in [0.15, 0.2) is 0 Å². The molecule has 0 radical (unpaired) electrons. The van der Waals surface area contributed by atoms with Crippen molar-refractivity contribution < 1.29 is 4.79 Å². The molecular formula is C20H30N6OS. The molecule has 0 aliphatic carbocycles. The molecule has 1 atom stereocenters. The van der Waals surface area contributed by atoms with Crippen molar-refractivity contribution in [2.75, 3.05) is 57.8 Å². The van der Waals surface area contributed by atoms with E-state index in [1.165, 1.54) is 24.2 Å². The maximum absolute atomic E-state index is 12.9. The van der Waals surface area contributed by atoms with Gasteiger partial charge in [-0.3, -0.25) is 9.69 Å². The Morgan fingerprint density at radius 1 is 1.25 bits per heavy atom. The van der Waals surface area contributed by atoms with Gasteiger partial charge in [0.2, 0.25) is 0 Å². The Morgan fingerprint density at radius 3 is 2.79 bits per heavy atom. The van der Waals surface area contributed by atoms with Crippen LogP contribution in [0.5, 0.6) is 0 Å². The van der Waals surface area contributed by atoms with Crippen LogP contribution in [0.15, 0.2) is 6.33 Å². The minimum Gasteiger partial charge on any atom is -0.353 e. The Balaban J connectivity index is 1.54. The summed E-state index contributed by atoms with van der Waals surface area (Å²) in [5.41, 5.74) is 1.01. The molecule has 0 bridgehead atoms. The third-order valence-corrected chi connectivity index (χ3v) is 7.32. The molecule has 152 valence electrons. The maximum Gasteiger partial charge on any atom is 0.261 e. The van der Waals surface area contributed by atoms with Gasteiger partial charge in [0.25, 0.3) is 5.91 Å². The number of aryl methyl sites for hydroxylation is 1. The lowest BCUT2D eigenvalue weighted by molar-refractivity contribution is 0.0945. The summed E-state index contributed by atoms with van der Waals surface area (Å²) in [5, 5.41) is 4.21. The topological polar surface area (TPSA) is 64.6 Å². The first-order valence-corrected chi connectivity index (χ1v) is 11.1. The SMILES string of the molecule is CCN1CCC[C@H]1CNC(=O)c1sc2ncnc(N3CCN(C)CC3)c2c1C. The first-order valence-electron chi connectivity index (χ1n) is 10.3. The van der Waals surface area contributed by atoms with Gasteiger partial charge in [0, 0.05) is 38.8 Å². The fourth-order valence-electron chi connectivity index (χ4n) is 4.36. The van der Waals surface area contributed by atoms with Crippen molar-refractivity contribution in [2.24, 2.45) is 0 Å². The molecule has 4 heterocycles. The summed E-state index contributed by atoms with van der Waals surface area (Å²) < 4.78 is 0. The molecule has 0 unspecified atom stereocenters. The van der Waals surface area contributed by atoms with E-state index in [9.17, 15) is 4.79 Å². The number of hydrogen-bond acceptors (Lipinski definition) is 7. The Labute approximate surface area is 170 Å². The highest BCUT2D eigenvalue weighted by molar-refractivity contribution is 7.20. The Hall–Kier alpha value is -1.77. The van der Waals surface area contributed by atoms with E-state index in [2.05, 4.69) is 44.0 Å². The van der Waals surface area contributed by atoms with Crippen molar-refractivity contribution in [3.63, 3.8) is 0 Å². The number of thiophene rings is 1. The average Bonchev–Trinajstić information content (AvgIpc) is 3.31. The quantitative estimate of drug-likeness (QED) is 0.825. The molecule has 0 spiro atoms. The number of carbonyl (C=O) groups excluding carboxylic acids is 1. The molecular weight excluding hydrogens is 372 g/mol. The Morgan fingerprint density at radius 2 is 2.04 bits per heavy atom. The molecule has 2 aromatic rings. The second kappa shape index (κ2) is 8.31. The van der Waals surface area contributed by atoms with Crippen molar-refractivity contribution in [2.45, 2.75) is 32.7 Å². The minimum absolute atomic E-state index is 0.0211. The van der Waals surface area contributed by atoms with E-state index < -0.39 is 0 Å². The molecule has 8 heteroatoms. The van der Waals surface area contributed by atoms with Crippen LogP contribution in [0, 0.1) is 6.92 Å². The normalized spacial score (nSPS) is 21.5. The number of fused-ring (bicyclic) bond motifs is 1. The van der Waals surface area contributed by atoms with E-state index in [4.69, 9.17) is 0 Å². The number of piperazine rings is 1. The summed E-state index contributed by atoms with van der Waals surface area (Å²) in [6.07, 6.45) is 4.02. The molecule has 2 aliphatic heterocycles. The van der Waals surface area contributed by atoms with E-state index in [1.807, 2.05) is 6.92 Å². The largest absolute Gasteiger partial charge is 0.353 e. The van der Waals surface area contributed by atoms with E-state index in [0.29, 0.717) is 6.04 Å². The van der Waals surface area contributed by atoms with Crippen LogP contribution in [0.25, 0.3) is 10.2 Å². The molecule has 0 aromatic carbocycles. The number of nitrogens with zero attached hydrogens (tertiary/aromatic N) is 5. The predicted octanol–water partition coefficient (Wildman–Crippen LogP) is 1.97. The molecule has 2 fully saturated rings. The first kappa shape index (κ1) is 19.5. The zero-order valence-electron chi connectivity index (χ0n) is 17.1.